The van der Waals surface area contributed by atoms with Crippen molar-refractivity contribution < 1.29 is 22.4 Å². The van der Waals surface area contributed by atoms with Gasteiger partial charge in [0, 0.05) is 13.0 Å². The topological polar surface area (TPSA) is 60.2 Å². The van der Waals surface area contributed by atoms with Crippen molar-refractivity contribution in [3.8, 4) is 0 Å². The number of nitrogens with zero attached hydrogens (tertiary/aromatic N) is 2. The maximum absolute atomic E-state index is 11.9. The van der Waals surface area contributed by atoms with Crippen LogP contribution in [0, 0.1) is 0 Å². The van der Waals surface area contributed by atoms with Crippen molar-refractivity contribution in [1.82, 2.24) is 15.5 Å². The number of alkyl halides is 3. The van der Waals surface area contributed by atoms with E-state index in [9.17, 15) is 13.2 Å². The third-order valence-corrected chi connectivity index (χ3v) is 3.32. The average Bonchev–Trinajstić information content (AvgIpc) is 2.84. The van der Waals surface area contributed by atoms with Crippen molar-refractivity contribution in [1.29, 1.82) is 0 Å². The highest BCUT2D eigenvalue weighted by Crippen LogP contribution is 2.29. The molecule has 5 nitrogen and oxygen atoms in total. The van der Waals surface area contributed by atoms with Gasteiger partial charge in [-0.3, -0.25) is 0 Å². The largest absolute Gasteiger partial charge is 0.411 e. The summed E-state index contributed by atoms with van der Waals surface area (Å²) in [7, 11) is 0. The van der Waals surface area contributed by atoms with Crippen LogP contribution in [0.5, 0.6) is 0 Å². The molecule has 114 valence electrons. The Morgan fingerprint density at radius 2 is 2.25 bits per heavy atom. The van der Waals surface area contributed by atoms with Gasteiger partial charge in [-0.05, 0) is 26.3 Å². The molecule has 1 aromatic rings. The molecule has 0 amide bonds. The Hall–Kier alpha value is -1.15. The molecule has 1 aliphatic heterocycles. The van der Waals surface area contributed by atoms with Crippen molar-refractivity contribution in [2.24, 2.45) is 0 Å². The summed E-state index contributed by atoms with van der Waals surface area (Å²) < 4.78 is 45.4. The zero-order valence-corrected chi connectivity index (χ0v) is 11.3. The van der Waals surface area contributed by atoms with E-state index >= 15 is 0 Å². The number of hydrogen-bond donors (Lipinski definition) is 1. The second-order valence-electron chi connectivity index (χ2n) is 5.27. The number of nitrogens with one attached hydrogen (secondary N) is 1. The number of rotatable bonds is 5. The van der Waals surface area contributed by atoms with E-state index in [1.54, 1.807) is 0 Å². The van der Waals surface area contributed by atoms with Crippen molar-refractivity contribution in [3.63, 3.8) is 0 Å². The van der Waals surface area contributed by atoms with Crippen LogP contribution in [0.4, 0.5) is 13.2 Å². The van der Waals surface area contributed by atoms with Gasteiger partial charge in [-0.1, -0.05) is 5.16 Å². The first-order valence-corrected chi connectivity index (χ1v) is 6.57. The summed E-state index contributed by atoms with van der Waals surface area (Å²) in [4.78, 5) is 4.26. The molecule has 1 unspecified atom stereocenters. The molecule has 20 heavy (non-hydrogen) atoms. The maximum Gasteiger partial charge on any atom is 0.411 e. The lowest BCUT2D eigenvalue weighted by Crippen LogP contribution is -2.41. The highest BCUT2D eigenvalue weighted by molar-refractivity contribution is 5.06. The second-order valence-corrected chi connectivity index (χ2v) is 5.27. The predicted octanol–water partition coefficient (Wildman–Crippen LogP) is 1.83. The molecule has 1 aliphatic rings. The summed E-state index contributed by atoms with van der Waals surface area (Å²) in [6.45, 7) is 2.45. The van der Waals surface area contributed by atoms with Crippen LogP contribution in [-0.4, -0.2) is 42.6 Å². The summed E-state index contributed by atoms with van der Waals surface area (Å²) in [5, 5.41) is 7.07. The van der Waals surface area contributed by atoms with Gasteiger partial charge in [0.05, 0.1) is 12.0 Å². The molecule has 0 saturated carbocycles. The van der Waals surface area contributed by atoms with Gasteiger partial charge in [-0.25, -0.2) is 0 Å². The minimum Gasteiger partial charge on any atom is -0.372 e. The average molecular weight is 293 g/mol. The van der Waals surface area contributed by atoms with E-state index in [2.05, 4.69) is 20.2 Å². The van der Waals surface area contributed by atoms with Crippen LogP contribution < -0.4 is 5.32 Å². The van der Waals surface area contributed by atoms with E-state index in [-0.39, 0.29) is 18.4 Å². The number of piperidine rings is 1. The van der Waals surface area contributed by atoms with Crippen LogP contribution in [0.3, 0.4) is 0 Å². The monoisotopic (exact) mass is 293 g/mol. The number of ether oxygens (including phenoxy) is 1. The molecule has 0 aromatic carbocycles. The van der Waals surface area contributed by atoms with Gasteiger partial charge < -0.3 is 14.6 Å². The number of halogens is 3. The summed E-state index contributed by atoms with van der Waals surface area (Å²) in [6.07, 6.45) is -2.11. The number of aromatic nitrogens is 2. The SMILES string of the molecule is CC1(c2nc(CCOCC(F)(F)F)no2)CCCNC1. The molecular formula is C12H18F3N3O2. The van der Waals surface area contributed by atoms with Crippen LogP contribution in [0.1, 0.15) is 31.5 Å². The molecule has 0 radical (unpaired) electrons. The van der Waals surface area contributed by atoms with Gasteiger partial charge >= 0.3 is 6.18 Å². The van der Waals surface area contributed by atoms with Crippen LogP contribution in [0.25, 0.3) is 0 Å². The molecule has 1 atom stereocenters. The first-order chi connectivity index (χ1) is 9.39. The standard InChI is InChI=1S/C12H18F3N3O2/c1-11(4-2-5-16-7-11)10-17-9(18-20-10)3-6-19-8-12(13,14)15/h16H,2-8H2,1H3. The van der Waals surface area contributed by atoms with Gasteiger partial charge in [-0.15, -0.1) is 0 Å². The third-order valence-electron chi connectivity index (χ3n) is 3.32. The van der Waals surface area contributed by atoms with E-state index in [4.69, 9.17) is 4.52 Å². The Morgan fingerprint density at radius 1 is 1.45 bits per heavy atom. The Bertz CT molecular complexity index is 428. The summed E-state index contributed by atoms with van der Waals surface area (Å²) in [6, 6.07) is 0. The summed E-state index contributed by atoms with van der Waals surface area (Å²) in [5.74, 6) is 0.921. The molecular weight excluding hydrogens is 275 g/mol. The molecule has 2 rings (SSSR count). The minimum absolute atomic E-state index is 0.0759. The minimum atomic E-state index is -4.30. The van der Waals surface area contributed by atoms with Crippen molar-refractivity contribution in [2.75, 3.05) is 26.3 Å². The Morgan fingerprint density at radius 3 is 2.90 bits per heavy atom. The van der Waals surface area contributed by atoms with Crippen LogP contribution in [0.15, 0.2) is 4.52 Å². The zero-order chi connectivity index (χ0) is 14.6. The van der Waals surface area contributed by atoms with Crippen molar-refractivity contribution in [2.45, 2.75) is 37.8 Å². The normalized spacial score (nSPS) is 24.0. The highest BCUT2D eigenvalue weighted by atomic mass is 19.4. The van der Waals surface area contributed by atoms with E-state index < -0.39 is 12.8 Å². The Balaban J connectivity index is 1.83. The molecule has 0 spiro atoms. The number of hydrogen-bond acceptors (Lipinski definition) is 5. The van der Waals surface area contributed by atoms with E-state index in [0.29, 0.717) is 11.7 Å². The lowest BCUT2D eigenvalue weighted by Gasteiger charge is -2.30. The van der Waals surface area contributed by atoms with Crippen LogP contribution >= 0.6 is 0 Å². The van der Waals surface area contributed by atoms with Crippen LogP contribution in [-0.2, 0) is 16.6 Å². The predicted molar refractivity (Wildman–Crippen MR) is 64.3 cm³/mol. The molecule has 1 saturated heterocycles. The molecule has 1 N–H and O–H groups in total. The van der Waals surface area contributed by atoms with E-state index in [1.807, 2.05) is 6.92 Å². The van der Waals surface area contributed by atoms with Crippen molar-refractivity contribution >= 4 is 0 Å². The fraction of sp³-hybridized carbons (Fsp3) is 0.833. The summed E-state index contributed by atoms with van der Waals surface area (Å²) >= 11 is 0. The molecule has 0 aliphatic carbocycles. The second kappa shape index (κ2) is 6.09. The smallest absolute Gasteiger partial charge is 0.372 e. The van der Waals surface area contributed by atoms with Gasteiger partial charge in [0.25, 0.3) is 0 Å². The lowest BCUT2D eigenvalue weighted by atomic mass is 9.83. The lowest BCUT2D eigenvalue weighted by molar-refractivity contribution is -0.173. The van der Waals surface area contributed by atoms with E-state index in [1.165, 1.54) is 0 Å². The van der Waals surface area contributed by atoms with Gasteiger partial charge in [-0.2, -0.15) is 18.2 Å². The molecule has 0 bridgehead atoms. The summed E-state index contributed by atoms with van der Waals surface area (Å²) in [5.41, 5.74) is -0.198. The molecule has 1 aromatic heterocycles. The first kappa shape index (κ1) is 15.2. The van der Waals surface area contributed by atoms with Gasteiger partial charge in [0.1, 0.15) is 6.61 Å². The first-order valence-electron chi connectivity index (χ1n) is 6.57. The van der Waals surface area contributed by atoms with Crippen LogP contribution in [0.2, 0.25) is 0 Å². The molecule has 8 heteroatoms. The van der Waals surface area contributed by atoms with Gasteiger partial charge in [0.2, 0.25) is 5.89 Å². The van der Waals surface area contributed by atoms with Gasteiger partial charge in [0.15, 0.2) is 5.82 Å². The van der Waals surface area contributed by atoms with E-state index in [0.717, 1.165) is 25.9 Å². The fourth-order valence-corrected chi connectivity index (χ4v) is 2.19. The fourth-order valence-electron chi connectivity index (χ4n) is 2.19. The highest BCUT2D eigenvalue weighted by Gasteiger charge is 2.34. The maximum atomic E-state index is 11.9. The van der Waals surface area contributed by atoms with Crippen molar-refractivity contribution in [3.05, 3.63) is 11.7 Å². The molecule has 1 fully saturated rings. The zero-order valence-electron chi connectivity index (χ0n) is 11.3. The third kappa shape index (κ3) is 4.17. The Kier molecular flexibility index (Phi) is 4.64. The Labute approximate surface area is 114 Å². The quantitative estimate of drug-likeness (QED) is 0.839. The molecule has 2 heterocycles.